The van der Waals surface area contributed by atoms with Crippen molar-refractivity contribution in [1.82, 2.24) is 0 Å². The monoisotopic (exact) mass is 588 g/mol. The third-order valence-corrected chi connectivity index (χ3v) is 2.78. The van der Waals surface area contributed by atoms with Crippen LogP contribution in [0.25, 0.3) is 0 Å². The zero-order valence-corrected chi connectivity index (χ0v) is 25.0. The van der Waals surface area contributed by atoms with E-state index in [2.05, 4.69) is 0 Å². The largest absolute Gasteiger partial charge is 0.481 e. The fourth-order valence-corrected chi connectivity index (χ4v) is 1.28. The third-order valence-electron chi connectivity index (χ3n) is 2.78. The van der Waals surface area contributed by atoms with Gasteiger partial charge in [0.1, 0.15) is 0 Å². The predicted molar refractivity (Wildman–Crippen MR) is 149 cm³/mol. The van der Waals surface area contributed by atoms with Gasteiger partial charge in [-0.25, -0.2) is 0 Å². The summed E-state index contributed by atoms with van der Waals surface area (Å²) < 4.78 is 0. The van der Waals surface area contributed by atoms with Crippen molar-refractivity contribution in [2.24, 2.45) is 0 Å². The maximum absolute atomic E-state index is 9.60. The lowest BCUT2D eigenvalue weighted by atomic mass is 10.4. The normalized spacial score (nSPS) is 7.97. The van der Waals surface area contributed by atoms with Gasteiger partial charge in [0, 0.05) is 45.4 Å². The van der Waals surface area contributed by atoms with E-state index in [1.807, 2.05) is 41.5 Å². The van der Waals surface area contributed by atoms with E-state index in [1.54, 1.807) is 0 Å². The Kier molecular flexibility index (Phi) is 63.7. The SMILES string of the molecule is CC(=O)O.CCCC(=O)O.CCCC(=O)O.CCCC(=O)O.CCCC(=O)O.CCCC(=O)O.CCCC(=O)O. The first-order valence-corrected chi connectivity index (χ1v) is 12.9. The van der Waals surface area contributed by atoms with Gasteiger partial charge < -0.3 is 35.7 Å². The summed E-state index contributed by atoms with van der Waals surface area (Å²) in [5.41, 5.74) is 0. The molecule has 0 heterocycles. The molecule has 0 saturated carbocycles. The van der Waals surface area contributed by atoms with Crippen LogP contribution in [0, 0.1) is 0 Å². The van der Waals surface area contributed by atoms with E-state index in [0.717, 1.165) is 45.4 Å². The number of carbonyl (C=O) groups is 7. The highest BCUT2D eigenvalue weighted by molar-refractivity contribution is 5.67. The molecular formula is C26H52O14. The van der Waals surface area contributed by atoms with Gasteiger partial charge in [-0.3, -0.25) is 33.6 Å². The van der Waals surface area contributed by atoms with Gasteiger partial charge in [0.15, 0.2) is 0 Å². The lowest BCUT2D eigenvalue weighted by molar-refractivity contribution is -0.138. The summed E-state index contributed by atoms with van der Waals surface area (Å²) in [5, 5.41) is 54.9. The van der Waals surface area contributed by atoms with Gasteiger partial charge in [0.05, 0.1) is 0 Å². The summed E-state index contributed by atoms with van der Waals surface area (Å²) in [6.07, 6.45) is 6.14. The summed E-state index contributed by atoms with van der Waals surface area (Å²) in [4.78, 5) is 66.6. The minimum absolute atomic E-state index is 0.292. The summed E-state index contributed by atoms with van der Waals surface area (Å²) in [6, 6.07) is 0. The lowest BCUT2D eigenvalue weighted by Gasteiger charge is -1.79. The van der Waals surface area contributed by atoms with E-state index < -0.39 is 41.8 Å². The van der Waals surface area contributed by atoms with E-state index in [0.29, 0.717) is 38.5 Å². The minimum atomic E-state index is -0.833. The zero-order valence-electron chi connectivity index (χ0n) is 25.0. The number of carboxylic acid groups (broad SMARTS) is 7. The van der Waals surface area contributed by atoms with Crippen molar-refractivity contribution in [3.05, 3.63) is 0 Å². The standard InChI is InChI=1S/6C4H8O2.C2H4O2/c6*1-2-3-4(5)6;1-2(3)4/h6*2-3H2,1H3,(H,5,6);1H3,(H,3,4). The van der Waals surface area contributed by atoms with Crippen molar-refractivity contribution in [3.63, 3.8) is 0 Å². The first kappa shape index (κ1) is 52.7. The summed E-state index contributed by atoms with van der Waals surface area (Å²) in [7, 11) is 0. The summed E-state index contributed by atoms with van der Waals surface area (Å²) in [6.45, 7) is 12.1. The van der Waals surface area contributed by atoms with Crippen LogP contribution in [0.4, 0.5) is 0 Å². The Morgan fingerprint density at radius 1 is 0.325 bits per heavy atom. The highest BCUT2D eigenvalue weighted by Crippen LogP contribution is 1.84. The molecule has 14 heteroatoms. The fourth-order valence-electron chi connectivity index (χ4n) is 1.28. The molecule has 0 aromatic carbocycles. The Labute approximate surface area is 237 Å². The lowest BCUT2D eigenvalue weighted by Crippen LogP contribution is -1.90. The molecule has 0 aliphatic rings. The molecule has 0 bridgehead atoms. The van der Waals surface area contributed by atoms with Crippen LogP contribution in [-0.4, -0.2) is 77.5 Å². The molecule has 0 spiro atoms. The van der Waals surface area contributed by atoms with Crippen molar-refractivity contribution >= 4 is 41.8 Å². The Bertz CT molecular complexity index is 503. The molecule has 0 atom stereocenters. The van der Waals surface area contributed by atoms with Gasteiger partial charge >= 0.3 is 35.8 Å². The molecule has 0 fully saturated rings. The van der Waals surface area contributed by atoms with Crippen molar-refractivity contribution in [2.75, 3.05) is 0 Å². The molecule has 0 aliphatic heterocycles. The molecular weight excluding hydrogens is 536 g/mol. The van der Waals surface area contributed by atoms with Gasteiger partial charge in [-0.15, -0.1) is 0 Å². The first-order valence-electron chi connectivity index (χ1n) is 12.9. The smallest absolute Gasteiger partial charge is 0.303 e. The number of rotatable bonds is 12. The van der Waals surface area contributed by atoms with E-state index in [4.69, 9.17) is 40.5 Å². The Hall–Kier alpha value is -3.71. The highest BCUT2D eigenvalue weighted by atomic mass is 16.4. The maximum atomic E-state index is 9.60. The van der Waals surface area contributed by atoms with Crippen LogP contribution in [0.1, 0.15) is 126 Å². The van der Waals surface area contributed by atoms with Crippen molar-refractivity contribution < 1.29 is 69.3 Å². The van der Waals surface area contributed by atoms with Crippen LogP contribution in [0.3, 0.4) is 0 Å². The molecule has 0 amide bonds. The van der Waals surface area contributed by atoms with E-state index in [1.165, 1.54) is 0 Å². The van der Waals surface area contributed by atoms with Gasteiger partial charge in [-0.05, 0) is 38.5 Å². The Balaban J connectivity index is -0.0000000637. The number of aliphatic carboxylic acids is 7. The van der Waals surface area contributed by atoms with Crippen LogP contribution in [0.15, 0.2) is 0 Å². The average molecular weight is 589 g/mol. The average Bonchev–Trinajstić information content (AvgIpc) is 2.75. The number of hydrogen-bond donors (Lipinski definition) is 7. The highest BCUT2D eigenvalue weighted by Gasteiger charge is 1.90. The second-order valence-electron chi connectivity index (χ2n) is 7.38. The predicted octanol–water partition coefficient (Wildman–Crippen LogP) is 5.32. The molecule has 14 nitrogen and oxygen atoms in total. The van der Waals surface area contributed by atoms with E-state index in [9.17, 15) is 28.8 Å². The Morgan fingerprint density at radius 3 is 0.400 bits per heavy atom. The summed E-state index contributed by atoms with van der Waals surface area (Å²) >= 11 is 0. The molecule has 0 unspecified atom stereocenters. The molecule has 40 heavy (non-hydrogen) atoms. The van der Waals surface area contributed by atoms with Crippen LogP contribution in [0.5, 0.6) is 0 Å². The molecule has 0 aromatic rings. The van der Waals surface area contributed by atoms with Crippen molar-refractivity contribution in [3.8, 4) is 0 Å². The van der Waals surface area contributed by atoms with E-state index in [-0.39, 0.29) is 0 Å². The number of hydrogen-bond acceptors (Lipinski definition) is 7. The Morgan fingerprint density at radius 2 is 0.400 bits per heavy atom. The minimum Gasteiger partial charge on any atom is -0.481 e. The molecule has 7 N–H and O–H groups in total. The van der Waals surface area contributed by atoms with Gasteiger partial charge in [0.25, 0.3) is 5.97 Å². The first-order chi connectivity index (χ1) is 18.4. The number of carboxylic acids is 7. The van der Waals surface area contributed by atoms with E-state index >= 15 is 0 Å². The summed E-state index contributed by atoms with van der Waals surface area (Å²) in [5.74, 6) is -5.10. The molecule has 0 aliphatic carbocycles. The second-order valence-corrected chi connectivity index (χ2v) is 7.38. The topological polar surface area (TPSA) is 261 Å². The van der Waals surface area contributed by atoms with Crippen molar-refractivity contribution in [2.45, 2.75) is 126 Å². The fraction of sp³-hybridized carbons (Fsp3) is 0.731. The van der Waals surface area contributed by atoms with Crippen LogP contribution in [-0.2, 0) is 33.6 Å². The maximum Gasteiger partial charge on any atom is 0.303 e. The van der Waals surface area contributed by atoms with Gasteiger partial charge in [-0.1, -0.05) is 41.5 Å². The third kappa shape index (κ3) is 186. The van der Waals surface area contributed by atoms with Crippen LogP contribution >= 0.6 is 0 Å². The zero-order chi connectivity index (χ0) is 33.5. The molecule has 0 aromatic heterocycles. The van der Waals surface area contributed by atoms with Gasteiger partial charge in [0.2, 0.25) is 0 Å². The molecule has 0 radical (unpaired) electrons. The van der Waals surface area contributed by atoms with Crippen LogP contribution < -0.4 is 0 Å². The quantitative estimate of drug-likeness (QED) is 0.152. The molecule has 240 valence electrons. The molecule has 0 saturated heterocycles. The van der Waals surface area contributed by atoms with Crippen molar-refractivity contribution in [1.29, 1.82) is 0 Å². The second kappa shape index (κ2) is 48.4. The van der Waals surface area contributed by atoms with Gasteiger partial charge in [-0.2, -0.15) is 0 Å². The van der Waals surface area contributed by atoms with Crippen LogP contribution in [0.2, 0.25) is 0 Å². The molecule has 0 rings (SSSR count).